The number of guanidine groups is 1. The third-order valence-corrected chi connectivity index (χ3v) is 12.4. The number of hydrogen-bond donors (Lipinski definition) is 8. The molecule has 0 aliphatic rings. The second-order valence-corrected chi connectivity index (χ2v) is 17.6. The minimum atomic E-state index is -1.06. The minimum absolute atomic E-state index is 0.0319. The Kier molecular flexibility index (Phi) is 17.5. The summed E-state index contributed by atoms with van der Waals surface area (Å²) < 4.78 is 5.22. The van der Waals surface area contributed by atoms with Gasteiger partial charge in [0.2, 0.25) is 11.9 Å². The first-order chi connectivity index (χ1) is 25.2. The number of benzene rings is 2. The third-order valence-electron chi connectivity index (χ3n) is 8.28. The number of primary amides is 1. The number of hydrogen-bond acceptors (Lipinski definition) is 9. The zero-order valence-corrected chi connectivity index (χ0v) is 34.7. The van der Waals surface area contributed by atoms with Crippen LogP contribution in [0.1, 0.15) is 51.7 Å². The summed E-state index contributed by atoms with van der Waals surface area (Å²) in [5.41, 5.74) is 18.6. The Bertz CT molecular complexity index is 1690. The molecule has 0 spiro atoms. The Balaban J connectivity index is 1.68. The van der Waals surface area contributed by atoms with Gasteiger partial charge >= 0.3 is 197 Å². The number of rotatable bonds is 23. The van der Waals surface area contributed by atoms with Gasteiger partial charge in [0.15, 0.2) is 0 Å². The van der Waals surface area contributed by atoms with Crippen molar-refractivity contribution in [3.05, 3.63) is 71.9 Å². The molecule has 53 heavy (non-hydrogen) atoms. The van der Waals surface area contributed by atoms with E-state index in [1.165, 1.54) is 11.8 Å². The molecule has 0 radical (unpaired) electrons. The van der Waals surface area contributed by atoms with E-state index in [-0.39, 0.29) is 64.6 Å². The normalized spacial score (nSPS) is 14.8. The van der Waals surface area contributed by atoms with Gasteiger partial charge in [-0.1, -0.05) is 18.2 Å². The number of fused-ring (bicyclic) bond motifs is 1. The van der Waals surface area contributed by atoms with Crippen molar-refractivity contribution in [1.82, 2.24) is 23.9 Å². The summed E-state index contributed by atoms with van der Waals surface area (Å²) in [7, 11) is 0. The first-order valence-electron chi connectivity index (χ1n) is 17.2. The summed E-state index contributed by atoms with van der Waals surface area (Å²) in [4.78, 5) is 63.9. The zero-order chi connectivity index (χ0) is 39.0. The second kappa shape index (κ2) is 21.3. The SMILES string of the molecule is C[I-]N[C@](C)(Cc1ccccc1)C(=O)NCCS[C@](C)(CC(C)C)C(=O)N[C@@H](CCON=C(N)N)C(=O)NS[C@@H](Cc1c[nH]c2ccccc12)C(N)=O. The quantitative estimate of drug-likeness (QED) is 0.00872. The Morgan fingerprint density at radius 2 is 1.70 bits per heavy atom. The van der Waals surface area contributed by atoms with E-state index in [1.54, 1.807) is 0 Å². The van der Waals surface area contributed by atoms with Crippen LogP contribution in [-0.4, -0.2) is 80.0 Å². The molecule has 0 unspecified atom stereocenters. The number of nitrogens with zero attached hydrogens (tertiary/aromatic N) is 1. The van der Waals surface area contributed by atoms with Crippen molar-refractivity contribution < 1.29 is 45.5 Å². The number of amides is 4. The Hall–Kier alpha value is -3.68. The number of thioether (sulfide) groups is 1. The molecule has 0 saturated carbocycles. The molecule has 292 valence electrons. The van der Waals surface area contributed by atoms with Crippen molar-refractivity contribution in [3.63, 3.8) is 0 Å². The first-order valence-corrected chi connectivity index (χ1v) is 22.3. The molecule has 0 bridgehead atoms. The molecule has 0 aliphatic carbocycles. The fourth-order valence-electron chi connectivity index (χ4n) is 5.77. The van der Waals surface area contributed by atoms with Crippen LogP contribution in [0.2, 0.25) is 0 Å². The maximum atomic E-state index is 14.0. The maximum absolute atomic E-state index is 14.0. The molecule has 0 aliphatic heterocycles. The van der Waals surface area contributed by atoms with Gasteiger partial charge in [0, 0.05) is 17.1 Å². The van der Waals surface area contributed by atoms with Crippen molar-refractivity contribution in [1.29, 1.82) is 0 Å². The van der Waals surface area contributed by atoms with Crippen LogP contribution in [0.3, 0.4) is 0 Å². The van der Waals surface area contributed by atoms with Crippen LogP contribution in [-0.2, 0) is 36.9 Å². The first kappa shape index (κ1) is 43.7. The zero-order valence-electron chi connectivity index (χ0n) is 30.9. The van der Waals surface area contributed by atoms with E-state index in [0.29, 0.717) is 25.1 Å². The second-order valence-electron chi connectivity index (χ2n) is 13.4. The number of carbonyl (C=O) groups excluding carboxylic acids is 4. The molecule has 0 saturated heterocycles. The molecule has 3 aromatic rings. The molecule has 4 amide bonds. The molecule has 1 aromatic heterocycles. The number of aromatic amines is 1. The van der Waals surface area contributed by atoms with Gasteiger partial charge in [0.1, 0.15) is 11.9 Å². The molecule has 3 rings (SSSR count). The van der Waals surface area contributed by atoms with E-state index >= 15 is 0 Å². The van der Waals surface area contributed by atoms with E-state index in [9.17, 15) is 19.2 Å². The monoisotopic (exact) mass is 882 g/mol. The molecular weight excluding hydrogens is 829 g/mol. The molecular formula is C36H53IN9O5S2-. The van der Waals surface area contributed by atoms with E-state index in [1.807, 2.05) is 88.5 Å². The Labute approximate surface area is 330 Å². The third kappa shape index (κ3) is 13.9. The fraction of sp³-hybridized carbons (Fsp3) is 0.472. The van der Waals surface area contributed by atoms with Gasteiger partial charge in [-0.2, -0.15) is 0 Å². The topological polar surface area (TPSA) is 232 Å². The van der Waals surface area contributed by atoms with Crippen LogP contribution in [0.25, 0.3) is 10.9 Å². The fourth-order valence-corrected chi connectivity index (χ4v) is 9.47. The average molecular weight is 883 g/mol. The van der Waals surface area contributed by atoms with Crippen molar-refractivity contribution in [2.24, 2.45) is 28.3 Å². The summed E-state index contributed by atoms with van der Waals surface area (Å²) in [6.45, 7) is 8.05. The number of oxime groups is 1. The minimum Gasteiger partial charge on any atom is -0.393 e. The number of aromatic nitrogens is 1. The van der Waals surface area contributed by atoms with Crippen molar-refractivity contribution in [3.8, 4) is 0 Å². The standard InChI is InChI=1S/C36H53IN9O5S2/c1-23(2)20-36(4,52-18-16-41-32(49)35(3,46-37-5)21-24-11-7-6-8-12-24)33(50)43-28(15-17-51-44-34(39)40)31(48)45-53-29(30(38)47)19-25-22-42-27-14-10-9-13-26(25)27/h6-14,22-23,28-29,42,46H,15-21H2,1-5H3,(H2,38,47)(H,41,49)(H,43,50)(H,45,48)(H4,39,40,44)/q-1/t28-,29-,35+,36+/m0/s1. The summed E-state index contributed by atoms with van der Waals surface area (Å²) in [6.07, 6.45) is 3.18. The van der Waals surface area contributed by atoms with Gasteiger partial charge in [0.05, 0.1) is 0 Å². The summed E-state index contributed by atoms with van der Waals surface area (Å²) in [6, 6.07) is 16.5. The van der Waals surface area contributed by atoms with Crippen LogP contribution >= 0.6 is 23.7 Å². The van der Waals surface area contributed by atoms with Gasteiger partial charge in [0.25, 0.3) is 0 Å². The number of halogens is 1. The molecule has 0 fully saturated rings. The van der Waals surface area contributed by atoms with E-state index < -0.39 is 33.4 Å². The van der Waals surface area contributed by atoms with Crippen LogP contribution in [0.4, 0.5) is 0 Å². The molecule has 1 heterocycles. The van der Waals surface area contributed by atoms with Gasteiger partial charge in [-0.15, -0.1) is 0 Å². The Morgan fingerprint density at radius 1 is 1.00 bits per heavy atom. The predicted octanol–water partition coefficient (Wildman–Crippen LogP) is -0.712. The van der Waals surface area contributed by atoms with Crippen molar-refractivity contribution in [2.45, 2.75) is 75.0 Å². The number of H-pyrrole nitrogens is 1. The van der Waals surface area contributed by atoms with E-state index in [2.05, 4.69) is 34.0 Å². The summed E-state index contributed by atoms with van der Waals surface area (Å²) >= 11 is 1.93. The molecule has 14 nitrogen and oxygen atoms in total. The number of nitrogens with one attached hydrogen (secondary N) is 5. The Morgan fingerprint density at radius 3 is 2.36 bits per heavy atom. The molecule has 2 aromatic carbocycles. The van der Waals surface area contributed by atoms with Crippen molar-refractivity contribution >= 4 is 64.2 Å². The van der Waals surface area contributed by atoms with Gasteiger partial charge in [-0.25, -0.2) is 0 Å². The van der Waals surface area contributed by atoms with Gasteiger partial charge in [-0.05, 0) is 35.2 Å². The number of para-hydroxylation sites is 1. The summed E-state index contributed by atoms with van der Waals surface area (Å²) in [5.74, 6) is -1.29. The van der Waals surface area contributed by atoms with Gasteiger partial charge < -0.3 is 27.0 Å². The molecule has 4 atom stereocenters. The van der Waals surface area contributed by atoms with Crippen molar-refractivity contribution in [2.75, 3.05) is 23.8 Å². The van der Waals surface area contributed by atoms with Crippen LogP contribution < -0.4 is 57.6 Å². The van der Waals surface area contributed by atoms with Crippen LogP contribution in [0.5, 0.6) is 0 Å². The molecule has 11 N–H and O–H groups in total. The van der Waals surface area contributed by atoms with E-state index in [4.69, 9.17) is 22.0 Å². The number of alkyl halides is 1. The smallest absolute Gasteiger partial charge is 0.393 e. The predicted molar refractivity (Wildman–Crippen MR) is 210 cm³/mol. The average Bonchev–Trinajstić information content (AvgIpc) is 3.52. The number of nitrogens with two attached hydrogens (primary N) is 3. The number of carbonyl (C=O) groups is 4. The summed E-state index contributed by atoms with van der Waals surface area (Å²) in [5, 5.41) is 9.66. The van der Waals surface area contributed by atoms with E-state index in [0.717, 1.165) is 34.0 Å². The van der Waals surface area contributed by atoms with Crippen LogP contribution in [0, 0.1) is 5.92 Å². The van der Waals surface area contributed by atoms with Crippen LogP contribution in [0.15, 0.2) is 65.9 Å². The molecule has 17 heteroatoms. The van der Waals surface area contributed by atoms with Gasteiger partial charge in [-0.3, -0.25) is 14.3 Å².